The first kappa shape index (κ1) is 12.4. The maximum atomic E-state index is 9.97. The van der Waals surface area contributed by atoms with E-state index >= 15 is 0 Å². The summed E-state index contributed by atoms with van der Waals surface area (Å²) in [6.07, 6.45) is 11.4. The van der Waals surface area contributed by atoms with Gasteiger partial charge in [0.25, 0.3) is 0 Å². The summed E-state index contributed by atoms with van der Waals surface area (Å²) in [6, 6.07) is 0. The number of hydrogen-bond acceptors (Lipinski definition) is 2. The van der Waals surface area contributed by atoms with Gasteiger partial charge in [-0.25, -0.2) is 0 Å². The zero-order valence-corrected chi connectivity index (χ0v) is 10.5. The highest BCUT2D eigenvalue weighted by atomic mass is 16.5. The van der Waals surface area contributed by atoms with E-state index in [0.717, 1.165) is 25.2 Å². The van der Waals surface area contributed by atoms with Gasteiger partial charge in [-0.3, -0.25) is 0 Å². The van der Waals surface area contributed by atoms with E-state index in [-0.39, 0.29) is 12.2 Å². The Balaban J connectivity index is 1.85. The second-order valence-corrected chi connectivity index (χ2v) is 5.56. The highest BCUT2D eigenvalue weighted by Crippen LogP contribution is 2.35. The van der Waals surface area contributed by atoms with Crippen molar-refractivity contribution in [3.8, 4) is 0 Å². The zero-order valence-electron chi connectivity index (χ0n) is 10.5. The fourth-order valence-electron chi connectivity index (χ4n) is 3.29. The van der Waals surface area contributed by atoms with Gasteiger partial charge in [-0.05, 0) is 25.2 Å². The maximum Gasteiger partial charge on any atom is 0.0838 e. The first-order chi connectivity index (χ1) is 7.81. The van der Waals surface area contributed by atoms with E-state index in [1.165, 1.54) is 38.5 Å². The first-order valence-electron chi connectivity index (χ1n) is 7.14. The lowest BCUT2D eigenvalue weighted by Crippen LogP contribution is -2.21. The van der Waals surface area contributed by atoms with Crippen molar-refractivity contribution in [1.29, 1.82) is 0 Å². The quantitative estimate of drug-likeness (QED) is 0.748. The average molecular weight is 226 g/mol. The molecule has 0 radical (unpaired) electrons. The van der Waals surface area contributed by atoms with Crippen molar-refractivity contribution in [2.24, 2.45) is 5.92 Å². The number of ether oxygens (including phenoxy) is 1. The molecule has 94 valence electrons. The standard InChI is InChI=1S/C14H26O2/c1-2-7-13-12(15)10-14(16-13)11-8-5-3-4-6-9-11/h11-15H,2-10H2,1H3/t12-,13?,14-/m1/s1. The number of hydrogen-bond donors (Lipinski definition) is 1. The molecule has 1 heterocycles. The Kier molecular flexibility index (Phi) is 4.66. The fourth-order valence-corrected chi connectivity index (χ4v) is 3.29. The van der Waals surface area contributed by atoms with E-state index in [1.54, 1.807) is 0 Å². The van der Waals surface area contributed by atoms with E-state index in [1.807, 2.05) is 0 Å². The zero-order chi connectivity index (χ0) is 11.4. The molecule has 2 aliphatic rings. The minimum absolute atomic E-state index is 0.123. The molecule has 0 aromatic heterocycles. The van der Waals surface area contributed by atoms with Crippen LogP contribution in [0.1, 0.15) is 64.7 Å². The molecule has 16 heavy (non-hydrogen) atoms. The summed E-state index contributed by atoms with van der Waals surface area (Å²) in [6.45, 7) is 2.16. The van der Waals surface area contributed by atoms with Crippen molar-refractivity contribution in [3.05, 3.63) is 0 Å². The van der Waals surface area contributed by atoms with Crippen molar-refractivity contribution in [1.82, 2.24) is 0 Å². The van der Waals surface area contributed by atoms with Crippen LogP contribution < -0.4 is 0 Å². The van der Waals surface area contributed by atoms with Gasteiger partial charge in [0.1, 0.15) is 0 Å². The fraction of sp³-hybridized carbons (Fsp3) is 1.00. The van der Waals surface area contributed by atoms with Crippen LogP contribution in [0.4, 0.5) is 0 Å². The van der Waals surface area contributed by atoms with Gasteiger partial charge in [-0.1, -0.05) is 39.0 Å². The second-order valence-electron chi connectivity index (χ2n) is 5.56. The molecule has 1 unspecified atom stereocenters. The lowest BCUT2D eigenvalue weighted by molar-refractivity contribution is -0.0181. The van der Waals surface area contributed by atoms with Gasteiger partial charge in [-0.15, -0.1) is 0 Å². The van der Waals surface area contributed by atoms with Crippen molar-refractivity contribution >= 4 is 0 Å². The molecular weight excluding hydrogens is 200 g/mol. The van der Waals surface area contributed by atoms with E-state index < -0.39 is 0 Å². The molecule has 2 nitrogen and oxygen atoms in total. The van der Waals surface area contributed by atoms with Gasteiger partial charge in [0.2, 0.25) is 0 Å². The summed E-state index contributed by atoms with van der Waals surface area (Å²) in [5, 5.41) is 9.97. The molecule has 0 bridgehead atoms. The minimum Gasteiger partial charge on any atom is -0.390 e. The lowest BCUT2D eigenvalue weighted by Gasteiger charge is -2.22. The number of rotatable bonds is 3. The molecule has 0 amide bonds. The van der Waals surface area contributed by atoms with E-state index in [2.05, 4.69) is 6.92 Å². The molecular formula is C14H26O2. The Morgan fingerprint density at radius 3 is 2.44 bits per heavy atom. The summed E-state index contributed by atoms with van der Waals surface area (Å²) in [7, 11) is 0. The largest absolute Gasteiger partial charge is 0.390 e. The highest BCUT2D eigenvalue weighted by Gasteiger charge is 2.37. The third kappa shape index (κ3) is 2.98. The van der Waals surface area contributed by atoms with Crippen LogP contribution in [0.2, 0.25) is 0 Å². The summed E-state index contributed by atoms with van der Waals surface area (Å²) in [4.78, 5) is 0. The summed E-state index contributed by atoms with van der Waals surface area (Å²) < 4.78 is 6.06. The van der Waals surface area contributed by atoms with Gasteiger partial charge in [0, 0.05) is 6.42 Å². The molecule has 2 heteroatoms. The van der Waals surface area contributed by atoms with Gasteiger partial charge < -0.3 is 9.84 Å². The molecule has 1 saturated carbocycles. The third-order valence-electron chi connectivity index (χ3n) is 4.25. The molecule has 2 rings (SSSR count). The monoisotopic (exact) mass is 226 g/mol. The van der Waals surface area contributed by atoms with Crippen molar-refractivity contribution in [3.63, 3.8) is 0 Å². The Labute approximate surface area is 99.4 Å². The molecule has 0 aromatic carbocycles. The molecule has 3 atom stereocenters. The van der Waals surface area contributed by atoms with Crippen LogP contribution in [-0.2, 0) is 4.74 Å². The smallest absolute Gasteiger partial charge is 0.0838 e. The van der Waals surface area contributed by atoms with Crippen LogP contribution in [0, 0.1) is 5.92 Å². The second kappa shape index (κ2) is 6.02. The van der Waals surface area contributed by atoms with Crippen LogP contribution in [0.15, 0.2) is 0 Å². The third-order valence-corrected chi connectivity index (χ3v) is 4.25. The number of aliphatic hydroxyl groups is 1. The Bertz CT molecular complexity index is 197. The first-order valence-corrected chi connectivity index (χ1v) is 7.14. The van der Waals surface area contributed by atoms with Gasteiger partial charge in [0.05, 0.1) is 18.3 Å². The summed E-state index contributed by atoms with van der Waals surface area (Å²) >= 11 is 0. The van der Waals surface area contributed by atoms with E-state index in [4.69, 9.17) is 4.74 Å². The maximum absolute atomic E-state index is 9.97. The Morgan fingerprint density at radius 2 is 1.81 bits per heavy atom. The van der Waals surface area contributed by atoms with E-state index in [0.29, 0.717) is 6.10 Å². The highest BCUT2D eigenvalue weighted by molar-refractivity contribution is 4.86. The molecule has 0 aromatic rings. The molecule has 1 aliphatic heterocycles. The summed E-state index contributed by atoms with van der Waals surface area (Å²) in [5.41, 5.74) is 0. The van der Waals surface area contributed by atoms with Gasteiger partial charge in [-0.2, -0.15) is 0 Å². The van der Waals surface area contributed by atoms with Gasteiger partial charge in [0.15, 0.2) is 0 Å². The van der Waals surface area contributed by atoms with Crippen molar-refractivity contribution in [2.75, 3.05) is 0 Å². The molecule has 2 fully saturated rings. The number of aliphatic hydroxyl groups excluding tert-OH is 1. The van der Waals surface area contributed by atoms with Gasteiger partial charge >= 0.3 is 0 Å². The van der Waals surface area contributed by atoms with Crippen LogP contribution >= 0.6 is 0 Å². The predicted molar refractivity (Wildman–Crippen MR) is 65.4 cm³/mol. The van der Waals surface area contributed by atoms with Crippen LogP contribution in [0.3, 0.4) is 0 Å². The molecule has 1 aliphatic carbocycles. The topological polar surface area (TPSA) is 29.5 Å². The Morgan fingerprint density at radius 1 is 1.12 bits per heavy atom. The molecule has 0 spiro atoms. The summed E-state index contributed by atoms with van der Waals surface area (Å²) in [5.74, 6) is 0.721. The van der Waals surface area contributed by atoms with Crippen LogP contribution in [0.5, 0.6) is 0 Å². The minimum atomic E-state index is -0.201. The van der Waals surface area contributed by atoms with Crippen molar-refractivity contribution < 1.29 is 9.84 Å². The Hall–Kier alpha value is -0.0800. The van der Waals surface area contributed by atoms with E-state index in [9.17, 15) is 5.11 Å². The lowest BCUT2D eigenvalue weighted by atomic mass is 9.91. The normalized spacial score (nSPS) is 37.5. The predicted octanol–water partition coefficient (Wildman–Crippen LogP) is 3.28. The van der Waals surface area contributed by atoms with Crippen LogP contribution in [0.25, 0.3) is 0 Å². The average Bonchev–Trinajstić information content (AvgIpc) is 2.54. The molecule has 1 N–H and O–H groups in total. The molecule has 1 saturated heterocycles. The SMILES string of the molecule is CCCC1O[C@@H](C2CCCCCC2)C[C@H]1O. The van der Waals surface area contributed by atoms with Crippen LogP contribution in [-0.4, -0.2) is 23.4 Å². The van der Waals surface area contributed by atoms with Crippen molar-refractivity contribution in [2.45, 2.75) is 83.0 Å².